The molecule has 5 heteroatoms. The van der Waals surface area contributed by atoms with E-state index in [9.17, 15) is 9.18 Å². The van der Waals surface area contributed by atoms with Crippen LogP contribution in [0.4, 0.5) is 10.2 Å². The molecule has 0 aromatic carbocycles. The lowest BCUT2D eigenvalue weighted by Gasteiger charge is -2.22. The summed E-state index contributed by atoms with van der Waals surface area (Å²) in [5.74, 6) is -2.02. The molecule has 0 aliphatic rings. The first-order chi connectivity index (χ1) is 8.11. The number of aromatic carboxylic acids is 1. The van der Waals surface area contributed by atoms with Crippen LogP contribution in [-0.2, 0) is 0 Å². The molecule has 0 bridgehead atoms. The molecule has 0 atom stereocenters. The van der Waals surface area contributed by atoms with Crippen molar-refractivity contribution in [3.8, 4) is 0 Å². The Hall–Kier alpha value is -1.91. The van der Waals surface area contributed by atoms with Crippen LogP contribution in [0.3, 0.4) is 0 Å². The minimum Gasteiger partial charge on any atom is -0.478 e. The van der Waals surface area contributed by atoms with Crippen molar-refractivity contribution in [2.24, 2.45) is 0 Å². The summed E-state index contributed by atoms with van der Waals surface area (Å²) in [5.41, 5.74) is -0.361. The molecule has 1 N–H and O–H groups in total. The fraction of sp³-hybridized carbons (Fsp3) is 0.333. The zero-order valence-corrected chi connectivity index (χ0v) is 9.69. The number of hydrogen-bond donors (Lipinski definition) is 1. The number of carboxylic acid groups (broad SMARTS) is 1. The van der Waals surface area contributed by atoms with Gasteiger partial charge in [0.25, 0.3) is 0 Å². The van der Waals surface area contributed by atoms with Crippen molar-refractivity contribution < 1.29 is 14.3 Å². The topological polar surface area (TPSA) is 53.4 Å². The molecule has 1 rings (SSSR count). The van der Waals surface area contributed by atoms with Crippen LogP contribution in [0.15, 0.2) is 24.9 Å². The van der Waals surface area contributed by atoms with E-state index in [1.807, 2.05) is 6.92 Å². The number of hydrogen-bond acceptors (Lipinski definition) is 3. The lowest BCUT2D eigenvalue weighted by atomic mass is 10.2. The fourth-order valence-electron chi connectivity index (χ4n) is 1.53. The minimum atomic E-state index is -1.29. The van der Waals surface area contributed by atoms with Gasteiger partial charge in [0.2, 0.25) is 0 Å². The molecule has 4 nitrogen and oxygen atoms in total. The van der Waals surface area contributed by atoms with Gasteiger partial charge in [-0.05, 0) is 12.5 Å². The van der Waals surface area contributed by atoms with Gasteiger partial charge in [-0.25, -0.2) is 14.2 Å². The second-order valence-electron chi connectivity index (χ2n) is 3.54. The minimum absolute atomic E-state index is 0.0617. The molecular weight excluding hydrogens is 223 g/mol. The van der Waals surface area contributed by atoms with E-state index in [0.717, 1.165) is 12.5 Å². The number of rotatable bonds is 6. The van der Waals surface area contributed by atoms with Gasteiger partial charge in [0, 0.05) is 19.3 Å². The lowest BCUT2D eigenvalue weighted by molar-refractivity contribution is 0.0692. The van der Waals surface area contributed by atoms with Gasteiger partial charge in [0.1, 0.15) is 5.56 Å². The van der Waals surface area contributed by atoms with Gasteiger partial charge in [-0.3, -0.25) is 0 Å². The number of carbonyl (C=O) groups is 1. The maximum atomic E-state index is 13.9. The number of halogens is 1. The summed E-state index contributed by atoms with van der Waals surface area (Å²) in [6.07, 6.45) is 3.74. The average molecular weight is 238 g/mol. The number of anilines is 1. The summed E-state index contributed by atoms with van der Waals surface area (Å²) in [5, 5.41) is 8.83. The first-order valence-corrected chi connectivity index (χ1v) is 5.35. The normalized spacial score (nSPS) is 10.0. The van der Waals surface area contributed by atoms with Crippen molar-refractivity contribution in [3.63, 3.8) is 0 Å². The number of pyridine rings is 1. The molecular formula is C12H15FN2O2. The molecule has 0 aliphatic carbocycles. The number of aromatic nitrogens is 1. The maximum absolute atomic E-state index is 13.9. The zero-order chi connectivity index (χ0) is 12.8. The quantitative estimate of drug-likeness (QED) is 0.773. The largest absolute Gasteiger partial charge is 0.478 e. The number of nitrogens with zero attached hydrogens (tertiary/aromatic N) is 2. The summed E-state index contributed by atoms with van der Waals surface area (Å²) in [6.45, 7) is 6.57. The maximum Gasteiger partial charge on any atom is 0.338 e. The Bertz CT molecular complexity index is 421. The predicted molar refractivity (Wildman–Crippen MR) is 63.9 cm³/mol. The van der Waals surface area contributed by atoms with Crippen molar-refractivity contribution in [1.29, 1.82) is 0 Å². The Morgan fingerprint density at radius 2 is 2.41 bits per heavy atom. The summed E-state index contributed by atoms with van der Waals surface area (Å²) in [6, 6.07) is 1.15. The molecule has 0 saturated carbocycles. The molecule has 0 radical (unpaired) electrons. The van der Waals surface area contributed by atoms with E-state index >= 15 is 0 Å². The molecule has 0 amide bonds. The second kappa shape index (κ2) is 5.98. The van der Waals surface area contributed by atoms with Crippen LogP contribution < -0.4 is 4.90 Å². The molecule has 1 aromatic rings. The molecule has 0 unspecified atom stereocenters. The van der Waals surface area contributed by atoms with E-state index in [1.54, 1.807) is 11.0 Å². The van der Waals surface area contributed by atoms with Crippen LogP contribution in [0.25, 0.3) is 0 Å². The van der Waals surface area contributed by atoms with E-state index < -0.39 is 11.8 Å². The van der Waals surface area contributed by atoms with Gasteiger partial charge in [0.05, 0.1) is 0 Å². The third-order valence-corrected chi connectivity index (χ3v) is 2.24. The van der Waals surface area contributed by atoms with Crippen molar-refractivity contribution in [2.45, 2.75) is 13.3 Å². The fourth-order valence-corrected chi connectivity index (χ4v) is 1.53. The molecule has 1 aromatic heterocycles. The zero-order valence-electron chi connectivity index (χ0n) is 9.69. The van der Waals surface area contributed by atoms with E-state index in [0.29, 0.717) is 13.1 Å². The number of carboxylic acids is 1. The van der Waals surface area contributed by atoms with Gasteiger partial charge >= 0.3 is 5.97 Å². The first kappa shape index (κ1) is 13.2. The third-order valence-electron chi connectivity index (χ3n) is 2.24. The summed E-state index contributed by atoms with van der Waals surface area (Å²) in [7, 11) is 0. The van der Waals surface area contributed by atoms with E-state index in [-0.39, 0.29) is 11.4 Å². The molecule has 0 aliphatic heterocycles. The predicted octanol–water partition coefficient (Wildman–Crippen LogP) is 2.32. The molecule has 0 fully saturated rings. The Morgan fingerprint density at radius 1 is 1.71 bits per heavy atom. The Balaban J connectivity index is 3.14. The van der Waals surface area contributed by atoms with Gasteiger partial charge in [-0.1, -0.05) is 13.0 Å². The lowest BCUT2D eigenvalue weighted by Crippen LogP contribution is -2.26. The summed E-state index contributed by atoms with van der Waals surface area (Å²) < 4.78 is 13.9. The summed E-state index contributed by atoms with van der Waals surface area (Å²) >= 11 is 0. The van der Waals surface area contributed by atoms with Gasteiger partial charge in [-0.15, -0.1) is 6.58 Å². The van der Waals surface area contributed by atoms with Gasteiger partial charge < -0.3 is 10.0 Å². The van der Waals surface area contributed by atoms with Crippen LogP contribution in [0.2, 0.25) is 0 Å². The third kappa shape index (κ3) is 3.03. The van der Waals surface area contributed by atoms with E-state index in [1.165, 1.54) is 6.20 Å². The van der Waals surface area contributed by atoms with Crippen molar-refractivity contribution >= 4 is 11.8 Å². The van der Waals surface area contributed by atoms with Crippen LogP contribution in [0.1, 0.15) is 23.7 Å². The molecule has 92 valence electrons. The van der Waals surface area contributed by atoms with Gasteiger partial charge in [-0.2, -0.15) is 0 Å². The molecule has 1 heterocycles. The highest BCUT2D eigenvalue weighted by Crippen LogP contribution is 2.19. The summed E-state index contributed by atoms with van der Waals surface area (Å²) in [4.78, 5) is 16.4. The average Bonchev–Trinajstić information content (AvgIpc) is 2.29. The van der Waals surface area contributed by atoms with Gasteiger partial charge in [0.15, 0.2) is 11.6 Å². The highest BCUT2D eigenvalue weighted by atomic mass is 19.1. The molecule has 17 heavy (non-hydrogen) atoms. The van der Waals surface area contributed by atoms with Crippen LogP contribution in [0, 0.1) is 5.82 Å². The molecule has 0 spiro atoms. The van der Waals surface area contributed by atoms with Crippen molar-refractivity contribution in [3.05, 3.63) is 36.3 Å². The Morgan fingerprint density at radius 3 is 2.94 bits per heavy atom. The van der Waals surface area contributed by atoms with Crippen LogP contribution in [-0.4, -0.2) is 29.1 Å². The SMILES string of the molecule is C=CCN(CCC)c1nccc(C(=O)O)c1F. The first-order valence-electron chi connectivity index (χ1n) is 5.35. The van der Waals surface area contributed by atoms with Crippen molar-refractivity contribution in [1.82, 2.24) is 4.98 Å². The monoisotopic (exact) mass is 238 g/mol. The highest BCUT2D eigenvalue weighted by molar-refractivity contribution is 5.88. The Kier molecular flexibility index (Phi) is 4.63. The van der Waals surface area contributed by atoms with E-state index in [2.05, 4.69) is 11.6 Å². The highest BCUT2D eigenvalue weighted by Gasteiger charge is 2.18. The van der Waals surface area contributed by atoms with E-state index in [4.69, 9.17) is 5.11 Å². The smallest absolute Gasteiger partial charge is 0.338 e. The van der Waals surface area contributed by atoms with Crippen molar-refractivity contribution in [2.75, 3.05) is 18.0 Å². The van der Waals surface area contributed by atoms with Crippen LogP contribution in [0.5, 0.6) is 0 Å². The van der Waals surface area contributed by atoms with Crippen LogP contribution >= 0.6 is 0 Å². The Labute approximate surface area is 99.4 Å². The molecule has 0 saturated heterocycles. The standard InChI is InChI=1S/C12H15FN2O2/c1-3-7-15(8-4-2)11-10(13)9(12(16)17)5-6-14-11/h3,5-6H,1,4,7-8H2,2H3,(H,16,17). The second-order valence-corrected chi connectivity index (χ2v) is 3.54.